The maximum absolute atomic E-state index is 11.5. The van der Waals surface area contributed by atoms with Crippen molar-refractivity contribution in [1.82, 2.24) is 4.57 Å². The fourth-order valence-corrected chi connectivity index (χ4v) is 4.34. The molecule has 0 fully saturated rings. The smallest absolute Gasteiger partial charge is 0.270 e. The number of fused-ring (bicyclic) bond motifs is 2. The van der Waals surface area contributed by atoms with Crippen molar-refractivity contribution >= 4 is 29.0 Å². The second kappa shape index (κ2) is 7.47. The Morgan fingerprint density at radius 2 is 1.97 bits per heavy atom. The Kier molecular flexibility index (Phi) is 5.10. The van der Waals surface area contributed by atoms with Crippen molar-refractivity contribution in [3.8, 4) is 5.75 Å². The average Bonchev–Trinajstić information content (AvgIpc) is 3.05. The molecule has 158 valence electrons. The Balaban J connectivity index is 2.01. The maximum Gasteiger partial charge on any atom is 0.270 e. The van der Waals surface area contributed by atoms with Gasteiger partial charge in [-0.25, -0.2) is 0 Å². The molecule has 3 atom stereocenters. The number of hydrogen-bond donors (Lipinski definition) is 1. The molecule has 1 aromatic heterocycles. The van der Waals surface area contributed by atoms with E-state index in [0.29, 0.717) is 22.4 Å². The predicted octanol–water partition coefficient (Wildman–Crippen LogP) is 3.59. The molecule has 0 aliphatic carbocycles. The molecule has 0 unspecified atom stereocenters. The standard InChI is InChI=1S/C20H20N2O7S/c1-20(18(26-2)27-3)17(23)16(12-10-11(22(24)25)8-9-14(12)29-20)21-13-6-4-5-7-15(13)28-19(21)30/h4-10,16-18,23H,1-3H3/t16-,17+,20-/m0/s1. The molecule has 10 heteroatoms. The minimum atomic E-state index is -1.34. The number of methoxy groups -OCH3 is 2. The summed E-state index contributed by atoms with van der Waals surface area (Å²) in [5, 5.41) is 22.9. The van der Waals surface area contributed by atoms with Crippen molar-refractivity contribution in [3.63, 3.8) is 0 Å². The first-order chi connectivity index (χ1) is 14.3. The van der Waals surface area contributed by atoms with Crippen LogP contribution in [0.5, 0.6) is 5.75 Å². The molecule has 0 amide bonds. The summed E-state index contributed by atoms with van der Waals surface area (Å²) in [6.07, 6.45) is -2.17. The number of benzene rings is 2. The van der Waals surface area contributed by atoms with Crippen molar-refractivity contribution < 1.29 is 28.7 Å². The molecule has 0 saturated carbocycles. The molecule has 3 aromatic rings. The first-order valence-corrected chi connectivity index (χ1v) is 9.53. The zero-order valence-electron chi connectivity index (χ0n) is 16.5. The molecule has 0 spiro atoms. The molecule has 2 heterocycles. The minimum absolute atomic E-state index is 0.119. The van der Waals surface area contributed by atoms with E-state index < -0.39 is 29.0 Å². The molecule has 0 saturated heterocycles. The number of aromatic nitrogens is 1. The van der Waals surface area contributed by atoms with Gasteiger partial charge in [0.2, 0.25) is 0 Å². The normalized spacial score (nSPS) is 23.4. The highest BCUT2D eigenvalue weighted by Gasteiger charge is 2.53. The molecular weight excluding hydrogens is 412 g/mol. The van der Waals surface area contributed by atoms with Gasteiger partial charge in [-0.3, -0.25) is 14.7 Å². The summed E-state index contributed by atoms with van der Waals surface area (Å²) in [6, 6.07) is 10.6. The van der Waals surface area contributed by atoms with E-state index in [-0.39, 0.29) is 10.5 Å². The van der Waals surface area contributed by atoms with Gasteiger partial charge in [0.1, 0.15) is 11.9 Å². The number of aliphatic hydroxyl groups is 1. The lowest BCUT2D eigenvalue weighted by atomic mass is 9.84. The van der Waals surface area contributed by atoms with Gasteiger partial charge in [-0.15, -0.1) is 0 Å². The van der Waals surface area contributed by atoms with E-state index in [1.54, 1.807) is 29.7 Å². The second-order valence-corrected chi connectivity index (χ2v) is 7.51. The first kappa shape index (κ1) is 20.5. The number of para-hydroxylation sites is 2. The first-order valence-electron chi connectivity index (χ1n) is 9.13. The zero-order chi connectivity index (χ0) is 21.6. The summed E-state index contributed by atoms with van der Waals surface area (Å²) < 4.78 is 24.2. The SMILES string of the molecule is COC(OC)[C@@]1(C)Oc2ccc([N+](=O)[O-])cc2[C@H](n2c(=S)oc3ccccc32)[C@H]1O. The van der Waals surface area contributed by atoms with E-state index in [0.717, 1.165) is 0 Å². The van der Waals surface area contributed by atoms with Crippen LogP contribution in [0, 0.1) is 15.0 Å². The molecule has 0 bridgehead atoms. The van der Waals surface area contributed by atoms with Crippen LogP contribution in [0.25, 0.3) is 11.1 Å². The monoisotopic (exact) mass is 432 g/mol. The molecule has 1 N–H and O–H groups in total. The topological polar surface area (TPSA) is 109 Å². The van der Waals surface area contributed by atoms with Crippen molar-refractivity contribution in [2.24, 2.45) is 0 Å². The molecule has 1 aliphatic heterocycles. The van der Waals surface area contributed by atoms with Crippen molar-refractivity contribution in [2.45, 2.75) is 31.0 Å². The largest absolute Gasteiger partial charge is 0.479 e. The number of nitro groups is 1. The fourth-order valence-electron chi connectivity index (χ4n) is 4.03. The van der Waals surface area contributed by atoms with Gasteiger partial charge in [0.25, 0.3) is 10.5 Å². The third kappa shape index (κ3) is 3.00. The van der Waals surface area contributed by atoms with Gasteiger partial charge in [0, 0.05) is 31.9 Å². The lowest BCUT2D eigenvalue weighted by Crippen LogP contribution is -2.60. The van der Waals surface area contributed by atoms with Gasteiger partial charge in [-0.2, -0.15) is 0 Å². The van der Waals surface area contributed by atoms with Gasteiger partial charge in [0.05, 0.1) is 16.5 Å². The summed E-state index contributed by atoms with van der Waals surface area (Å²) in [5.74, 6) is 0.352. The van der Waals surface area contributed by atoms with Gasteiger partial charge in [-0.05, 0) is 37.3 Å². The van der Waals surface area contributed by atoms with Gasteiger partial charge in [0.15, 0.2) is 17.5 Å². The van der Waals surface area contributed by atoms with E-state index in [1.807, 2.05) is 6.07 Å². The van der Waals surface area contributed by atoms with E-state index in [9.17, 15) is 15.2 Å². The highest BCUT2D eigenvalue weighted by Crippen LogP contribution is 2.46. The van der Waals surface area contributed by atoms with Crippen LogP contribution >= 0.6 is 12.2 Å². The molecule has 0 radical (unpaired) electrons. The van der Waals surface area contributed by atoms with Crippen molar-refractivity contribution in [2.75, 3.05) is 14.2 Å². The summed E-state index contributed by atoms with van der Waals surface area (Å²) in [7, 11) is 2.88. The maximum atomic E-state index is 11.5. The van der Waals surface area contributed by atoms with Crippen LogP contribution in [0.3, 0.4) is 0 Å². The molecule has 30 heavy (non-hydrogen) atoms. The van der Waals surface area contributed by atoms with Crippen LogP contribution in [-0.2, 0) is 9.47 Å². The van der Waals surface area contributed by atoms with Crippen LogP contribution in [0.4, 0.5) is 5.69 Å². The highest BCUT2D eigenvalue weighted by atomic mass is 32.1. The molecule has 9 nitrogen and oxygen atoms in total. The van der Waals surface area contributed by atoms with E-state index >= 15 is 0 Å². The Labute approximate surface area is 176 Å². The minimum Gasteiger partial charge on any atom is -0.479 e. The van der Waals surface area contributed by atoms with Gasteiger partial charge in [-0.1, -0.05) is 12.1 Å². The lowest BCUT2D eigenvalue weighted by molar-refractivity contribution is -0.385. The van der Waals surface area contributed by atoms with Crippen LogP contribution in [-0.4, -0.2) is 46.8 Å². The fraction of sp³-hybridized carbons (Fsp3) is 0.350. The van der Waals surface area contributed by atoms with Crippen LogP contribution in [0.2, 0.25) is 0 Å². The van der Waals surface area contributed by atoms with E-state index in [1.165, 1.54) is 32.4 Å². The molecular formula is C20H20N2O7S. The highest BCUT2D eigenvalue weighted by molar-refractivity contribution is 7.71. The number of hydrogen-bond acceptors (Lipinski definition) is 8. The molecule has 1 aliphatic rings. The van der Waals surface area contributed by atoms with Crippen molar-refractivity contribution in [1.29, 1.82) is 0 Å². The summed E-state index contributed by atoms with van der Waals surface area (Å²) >= 11 is 5.45. The third-order valence-corrected chi connectivity index (χ3v) is 5.71. The number of non-ortho nitro benzene ring substituents is 1. The number of nitrogens with zero attached hydrogens (tertiary/aromatic N) is 2. The van der Waals surface area contributed by atoms with Gasteiger partial charge >= 0.3 is 0 Å². The van der Waals surface area contributed by atoms with Crippen LogP contribution < -0.4 is 4.74 Å². The summed E-state index contributed by atoms with van der Waals surface area (Å²) in [5.41, 5.74) is 0.101. The van der Waals surface area contributed by atoms with E-state index in [4.69, 9.17) is 30.8 Å². The van der Waals surface area contributed by atoms with Crippen LogP contribution in [0.1, 0.15) is 18.5 Å². The number of oxazole rings is 1. The number of aliphatic hydroxyl groups excluding tert-OH is 1. The molecule has 2 aromatic carbocycles. The summed E-state index contributed by atoms with van der Waals surface area (Å²) in [4.78, 5) is 11.0. The molecule has 4 rings (SSSR count). The number of nitro benzene ring substituents is 1. The Hall–Kier alpha value is -2.79. The quantitative estimate of drug-likeness (QED) is 0.282. The van der Waals surface area contributed by atoms with Gasteiger partial charge < -0.3 is 23.7 Å². The Morgan fingerprint density at radius 1 is 1.27 bits per heavy atom. The Bertz CT molecular complexity index is 1170. The zero-order valence-corrected chi connectivity index (χ0v) is 17.3. The number of ether oxygens (including phenoxy) is 3. The number of rotatable bonds is 5. The van der Waals surface area contributed by atoms with Crippen molar-refractivity contribution in [3.05, 3.63) is 63.0 Å². The van der Waals surface area contributed by atoms with Crippen LogP contribution in [0.15, 0.2) is 46.9 Å². The Morgan fingerprint density at radius 3 is 2.63 bits per heavy atom. The van der Waals surface area contributed by atoms with E-state index in [2.05, 4.69) is 0 Å². The average molecular weight is 432 g/mol. The summed E-state index contributed by atoms with van der Waals surface area (Å²) in [6.45, 7) is 1.65. The lowest BCUT2D eigenvalue weighted by Gasteiger charge is -2.46. The predicted molar refractivity (Wildman–Crippen MR) is 109 cm³/mol. The third-order valence-electron chi connectivity index (χ3n) is 5.43. The second-order valence-electron chi connectivity index (χ2n) is 7.16.